The van der Waals surface area contributed by atoms with E-state index in [1.54, 1.807) is 11.8 Å². The first-order valence-corrected chi connectivity index (χ1v) is 7.07. The Labute approximate surface area is 96.8 Å². The molecule has 0 bridgehead atoms. The average molecular weight is 230 g/mol. The van der Waals surface area contributed by atoms with Crippen LogP contribution < -0.4 is 5.73 Å². The van der Waals surface area contributed by atoms with E-state index in [-0.39, 0.29) is 11.9 Å². The predicted octanol–water partition coefficient (Wildman–Crippen LogP) is 1.33. The summed E-state index contributed by atoms with van der Waals surface area (Å²) in [5, 5.41) is 0. The van der Waals surface area contributed by atoms with E-state index in [2.05, 4.69) is 6.92 Å². The van der Waals surface area contributed by atoms with Gasteiger partial charge in [-0.2, -0.15) is 11.8 Å². The minimum absolute atomic E-state index is 0.281. The second-order valence-electron chi connectivity index (χ2n) is 4.35. The summed E-state index contributed by atoms with van der Waals surface area (Å²) in [6, 6.07) is 0.281. The van der Waals surface area contributed by atoms with Crippen LogP contribution in [0, 0.1) is 5.92 Å². The zero-order valence-electron chi connectivity index (χ0n) is 9.74. The van der Waals surface area contributed by atoms with Gasteiger partial charge in [-0.25, -0.2) is 0 Å². The Morgan fingerprint density at radius 1 is 1.60 bits per heavy atom. The van der Waals surface area contributed by atoms with Crippen molar-refractivity contribution in [3.05, 3.63) is 0 Å². The van der Waals surface area contributed by atoms with Crippen molar-refractivity contribution in [2.45, 2.75) is 32.2 Å². The third kappa shape index (κ3) is 3.68. The van der Waals surface area contributed by atoms with Gasteiger partial charge in [0.05, 0.1) is 0 Å². The van der Waals surface area contributed by atoms with Crippen molar-refractivity contribution in [3.8, 4) is 0 Å². The number of piperidine rings is 1. The molecule has 2 N–H and O–H groups in total. The molecule has 0 aromatic rings. The highest BCUT2D eigenvalue weighted by molar-refractivity contribution is 7.98. The summed E-state index contributed by atoms with van der Waals surface area (Å²) in [7, 11) is 0. The maximum absolute atomic E-state index is 11.9. The molecule has 88 valence electrons. The molecule has 1 fully saturated rings. The fourth-order valence-electron chi connectivity index (χ4n) is 2.14. The van der Waals surface area contributed by atoms with Crippen LogP contribution in [0.5, 0.6) is 0 Å². The Kier molecular flexibility index (Phi) is 5.47. The minimum atomic E-state index is 0.281. The lowest BCUT2D eigenvalue weighted by Crippen LogP contribution is -2.49. The summed E-state index contributed by atoms with van der Waals surface area (Å²) in [5.74, 6) is 1.91. The molecule has 1 saturated heterocycles. The molecule has 0 spiro atoms. The average Bonchev–Trinajstić information content (AvgIpc) is 2.25. The number of hydrogen-bond acceptors (Lipinski definition) is 3. The Bertz CT molecular complexity index is 211. The van der Waals surface area contributed by atoms with Crippen LogP contribution >= 0.6 is 11.8 Å². The highest BCUT2D eigenvalue weighted by atomic mass is 32.2. The highest BCUT2D eigenvalue weighted by Crippen LogP contribution is 2.22. The zero-order valence-corrected chi connectivity index (χ0v) is 10.6. The fourth-order valence-corrected chi connectivity index (χ4v) is 2.52. The fraction of sp³-hybridized carbons (Fsp3) is 0.909. The normalized spacial score (nSPS) is 26.7. The Hall–Kier alpha value is -0.220. The smallest absolute Gasteiger partial charge is 0.223 e. The van der Waals surface area contributed by atoms with Gasteiger partial charge in [0.1, 0.15) is 0 Å². The van der Waals surface area contributed by atoms with E-state index >= 15 is 0 Å². The number of likely N-dealkylation sites (tertiary alicyclic amines) is 1. The van der Waals surface area contributed by atoms with Crippen molar-refractivity contribution in [3.63, 3.8) is 0 Å². The lowest BCUT2D eigenvalue weighted by atomic mass is 9.92. The quantitative estimate of drug-likeness (QED) is 0.792. The van der Waals surface area contributed by atoms with Crippen LogP contribution in [-0.4, -0.2) is 41.9 Å². The SMILES string of the molecule is CSCCC(=O)N1CCC(C)CC1CN. The highest BCUT2D eigenvalue weighted by Gasteiger charge is 2.28. The van der Waals surface area contributed by atoms with Crippen LogP contribution in [0.15, 0.2) is 0 Å². The lowest BCUT2D eigenvalue weighted by Gasteiger charge is -2.38. The number of thioether (sulfide) groups is 1. The summed E-state index contributed by atoms with van der Waals surface area (Å²) in [6.45, 7) is 3.75. The van der Waals surface area contributed by atoms with Crippen LogP contribution in [0.2, 0.25) is 0 Å². The van der Waals surface area contributed by atoms with Crippen molar-refractivity contribution >= 4 is 17.7 Å². The van der Waals surface area contributed by atoms with E-state index in [0.717, 1.165) is 25.1 Å². The van der Waals surface area contributed by atoms with Gasteiger partial charge in [0.25, 0.3) is 0 Å². The first-order valence-electron chi connectivity index (χ1n) is 5.67. The number of nitrogens with two attached hydrogens (primary N) is 1. The van der Waals surface area contributed by atoms with Gasteiger partial charge in [0.2, 0.25) is 5.91 Å². The molecular formula is C11H22N2OS. The summed E-state index contributed by atoms with van der Waals surface area (Å²) in [4.78, 5) is 13.9. The molecule has 0 aromatic carbocycles. The van der Waals surface area contributed by atoms with Crippen LogP contribution in [0.25, 0.3) is 0 Å². The molecule has 1 heterocycles. The molecule has 3 nitrogen and oxygen atoms in total. The zero-order chi connectivity index (χ0) is 11.3. The summed E-state index contributed by atoms with van der Waals surface area (Å²) < 4.78 is 0. The van der Waals surface area contributed by atoms with E-state index in [1.165, 1.54) is 0 Å². The second kappa shape index (κ2) is 6.38. The van der Waals surface area contributed by atoms with Crippen molar-refractivity contribution in [2.75, 3.05) is 25.1 Å². The van der Waals surface area contributed by atoms with Gasteiger partial charge in [-0.1, -0.05) is 6.92 Å². The summed E-state index contributed by atoms with van der Waals surface area (Å²) >= 11 is 1.72. The van der Waals surface area contributed by atoms with Crippen LogP contribution in [-0.2, 0) is 4.79 Å². The van der Waals surface area contributed by atoms with Gasteiger partial charge in [0, 0.05) is 31.3 Å². The van der Waals surface area contributed by atoms with Gasteiger partial charge in [0.15, 0.2) is 0 Å². The van der Waals surface area contributed by atoms with Crippen molar-refractivity contribution in [2.24, 2.45) is 11.7 Å². The number of carbonyl (C=O) groups is 1. The van der Waals surface area contributed by atoms with E-state index in [4.69, 9.17) is 5.73 Å². The maximum Gasteiger partial charge on any atom is 0.223 e. The predicted molar refractivity (Wildman–Crippen MR) is 66.0 cm³/mol. The summed E-state index contributed by atoms with van der Waals surface area (Å²) in [6.07, 6.45) is 4.89. The summed E-state index contributed by atoms with van der Waals surface area (Å²) in [5.41, 5.74) is 5.72. The molecule has 0 radical (unpaired) electrons. The Morgan fingerprint density at radius 2 is 2.33 bits per heavy atom. The Morgan fingerprint density at radius 3 is 2.93 bits per heavy atom. The molecule has 2 unspecified atom stereocenters. The third-order valence-electron chi connectivity index (χ3n) is 3.09. The molecule has 4 heteroatoms. The van der Waals surface area contributed by atoms with Crippen LogP contribution in [0.3, 0.4) is 0 Å². The Balaban J connectivity index is 2.47. The maximum atomic E-state index is 11.9. The first kappa shape index (κ1) is 12.8. The number of amides is 1. The molecule has 1 aliphatic rings. The minimum Gasteiger partial charge on any atom is -0.338 e. The van der Waals surface area contributed by atoms with Crippen molar-refractivity contribution in [1.29, 1.82) is 0 Å². The number of hydrogen-bond donors (Lipinski definition) is 1. The largest absolute Gasteiger partial charge is 0.338 e. The van der Waals surface area contributed by atoms with E-state index in [0.29, 0.717) is 18.9 Å². The second-order valence-corrected chi connectivity index (χ2v) is 5.33. The van der Waals surface area contributed by atoms with Gasteiger partial charge < -0.3 is 10.6 Å². The van der Waals surface area contributed by atoms with E-state index < -0.39 is 0 Å². The number of nitrogens with zero attached hydrogens (tertiary/aromatic N) is 1. The van der Waals surface area contributed by atoms with Crippen molar-refractivity contribution in [1.82, 2.24) is 4.90 Å². The van der Waals surface area contributed by atoms with Gasteiger partial charge in [-0.3, -0.25) is 4.79 Å². The molecule has 1 aliphatic heterocycles. The monoisotopic (exact) mass is 230 g/mol. The lowest BCUT2D eigenvalue weighted by molar-refractivity contribution is -0.134. The van der Waals surface area contributed by atoms with E-state index in [9.17, 15) is 4.79 Å². The number of rotatable bonds is 4. The molecule has 1 rings (SSSR count). The topological polar surface area (TPSA) is 46.3 Å². The molecule has 15 heavy (non-hydrogen) atoms. The molecule has 0 saturated carbocycles. The molecule has 1 amide bonds. The van der Waals surface area contributed by atoms with Crippen LogP contribution in [0.4, 0.5) is 0 Å². The molecule has 0 aromatic heterocycles. The molecule has 2 atom stereocenters. The molecular weight excluding hydrogens is 208 g/mol. The van der Waals surface area contributed by atoms with Gasteiger partial charge in [-0.05, 0) is 25.0 Å². The standard InChI is InChI=1S/C11H22N2OS/c1-9-3-5-13(10(7-9)8-12)11(14)4-6-15-2/h9-10H,3-8,12H2,1-2H3. The van der Waals surface area contributed by atoms with Crippen LogP contribution in [0.1, 0.15) is 26.2 Å². The third-order valence-corrected chi connectivity index (χ3v) is 3.70. The number of carbonyl (C=O) groups excluding carboxylic acids is 1. The van der Waals surface area contributed by atoms with Crippen molar-refractivity contribution < 1.29 is 4.79 Å². The molecule has 0 aliphatic carbocycles. The van der Waals surface area contributed by atoms with Gasteiger partial charge >= 0.3 is 0 Å². The van der Waals surface area contributed by atoms with Gasteiger partial charge in [-0.15, -0.1) is 0 Å². The first-order chi connectivity index (χ1) is 7.19. The van der Waals surface area contributed by atoms with E-state index in [1.807, 2.05) is 11.2 Å².